The topological polar surface area (TPSA) is 59.8 Å². The molecule has 0 aliphatic heterocycles. The molecule has 0 spiro atoms. The highest BCUT2D eigenvalue weighted by Crippen LogP contribution is 2.37. The first-order valence-electron chi connectivity index (χ1n) is 9.29. The molecule has 0 aromatic carbocycles. The van der Waals surface area contributed by atoms with E-state index in [4.69, 9.17) is 0 Å². The number of nitrogens with zero attached hydrogens (tertiary/aromatic N) is 3. The van der Waals surface area contributed by atoms with Gasteiger partial charge >= 0.3 is 0 Å². The first-order chi connectivity index (χ1) is 12.6. The molecule has 26 heavy (non-hydrogen) atoms. The molecule has 5 nitrogen and oxygen atoms in total. The lowest BCUT2D eigenvalue weighted by atomic mass is 10.1. The van der Waals surface area contributed by atoms with E-state index in [9.17, 15) is 4.79 Å². The van der Waals surface area contributed by atoms with Crippen molar-refractivity contribution in [2.24, 2.45) is 11.8 Å². The van der Waals surface area contributed by atoms with Gasteiger partial charge in [-0.25, -0.2) is 4.98 Å². The summed E-state index contributed by atoms with van der Waals surface area (Å²) in [6.45, 7) is 5.66. The van der Waals surface area contributed by atoms with Gasteiger partial charge in [0.25, 0.3) is 0 Å². The molecule has 0 saturated heterocycles. The van der Waals surface area contributed by atoms with Crippen LogP contribution in [0.1, 0.15) is 25.5 Å². The van der Waals surface area contributed by atoms with Crippen LogP contribution in [-0.4, -0.2) is 27.0 Å². The van der Waals surface area contributed by atoms with Crippen LogP contribution in [-0.2, 0) is 11.3 Å². The Kier molecular flexibility index (Phi) is 4.45. The normalized spacial score (nSPS) is 18.8. The van der Waals surface area contributed by atoms with E-state index >= 15 is 0 Å². The monoisotopic (exact) mass is 348 g/mol. The van der Waals surface area contributed by atoms with Crippen molar-refractivity contribution in [3.8, 4) is 11.3 Å². The van der Waals surface area contributed by atoms with Crippen molar-refractivity contribution in [1.29, 1.82) is 0 Å². The van der Waals surface area contributed by atoms with E-state index in [2.05, 4.69) is 45.0 Å². The average Bonchev–Trinajstić information content (AvgIpc) is 3.27. The van der Waals surface area contributed by atoms with Crippen molar-refractivity contribution in [2.75, 3.05) is 6.54 Å². The number of hydrogen-bond acceptors (Lipinski definition) is 3. The minimum atomic E-state index is 0.205. The molecular formula is C21H24N4O. The number of nitrogens with one attached hydrogen (secondary N) is 1. The molecule has 5 heteroatoms. The fourth-order valence-corrected chi connectivity index (χ4v) is 3.56. The Labute approximate surface area is 153 Å². The van der Waals surface area contributed by atoms with Crippen molar-refractivity contribution in [1.82, 2.24) is 19.9 Å². The van der Waals surface area contributed by atoms with Crippen molar-refractivity contribution in [2.45, 2.75) is 33.2 Å². The van der Waals surface area contributed by atoms with Crippen LogP contribution in [0.2, 0.25) is 0 Å². The Bertz CT molecular complexity index is 946. The fourth-order valence-electron chi connectivity index (χ4n) is 3.56. The quantitative estimate of drug-likeness (QED) is 0.693. The minimum Gasteiger partial charge on any atom is -0.356 e. The summed E-state index contributed by atoms with van der Waals surface area (Å²) in [6.07, 6.45) is 5.55. The number of aryl methyl sites for hydroxylation is 2. The second kappa shape index (κ2) is 6.90. The van der Waals surface area contributed by atoms with E-state index in [1.54, 1.807) is 0 Å². The Balaban J connectivity index is 1.54. The molecule has 0 unspecified atom stereocenters. The largest absolute Gasteiger partial charge is 0.356 e. The minimum absolute atomic E-state index is 0.205. The molecule has 1 aliphatic rings. The van der Waals surface area contributed by atoms with Gasteiger partial charge in [0.2, 0.25) is 5.91 Å². The van der Waals surface area contributed by atoms with Gasteiger partial charge in [-0.05, 0) is 56.0 Å². The van der Waals surface area contributed by atoms with Crippen molar-refractivity contribution < 1.29 is 4.79 Å². The van der Waals surface area contributed by atoms with E-state index in [0.29, 0.717) is 12.5 Å². The van der Waals surface area contributed by atoms with Crippen LogP contribution in [0, 0.1) is 18.8 Å². The van der Waals surface area contributed by atoms with Gasteiger partial charge < -0.3 is 9.88 Å². The summed E-state index contributed by atoms with van der Waals surface area (Å²) >= 11 is 0. The molecule has 3 aromatic rings. The Hall–Kier alpha value is -2.69. The second-order valence-electron chi connectivity index (χ2n) is 7.20. The number of carbonyl (C=O) groups is 1. The first kappa shape index (κ1) is 16.8. The number of aromatic nitrogens is 3. The number of carbonyl (C=O) groups excluding carboxylic acids is 1. The zero-order chi connectivity index (χ0) is 18.1. The van der Waals surface area contributed by atoms with Crippen LogP contribution in [0.25, 0.3) is 22.3 Å². The van der Waals surface area contributed by atoms with Crippen LogP contribution < -0.4 is 5.32 Å². The van der Waals surface area contributed by atoms with Gasteiger partial charge in [0.15, 0.2) is 0 Å². The zero-order valence-electron chi connectivity index (χ0n) is 15.3. The molecule has 1 amide bonds. The lowest BCUT2D eigenvalue weighted by Gasteiger charge is -2.12. The van der Waals surface area contributed by atoms with Crippen molar-refractivity contribution in [3.63, 3.8) is 0 Å². The third-order valence-electron chi connectivity index (χ3n) is 5.24. The molecule has 134 valence electrons. The fraction of sp³-hybridized carbons (Fsp3) is 0.381. The number of rotatable bonds is 6. The summed E-state index contributed by atoms with van der Waals surface area (Å²) in [7, 11) is 0. The van der Waals surface area contributed by atoms with E-state index in [-0.39, 0.29) is 11.8 Å². The van der Waals surface area contributed by atoms with Gasteiger partial charge in [-0.3, -0.25) is 9.78 Å². The average molecular weight is 348 g/mol. The number of pyridine rings is 2. The first-order valence-corrected chi connectivity index (χ1v) is 9.29. The second-order valence-corrected chi connectivity index (χ2v) is 7.20. The molecule has 2 atom stereocenters. The van der Waals surface area contributed by atoms with Crippen molar-refractivity contribution >= 4 is 16.9 Å². The number of amides is 1. The summed E-state index contributed by atoms with van der Waals surface area (Å²) in [5, 5.41) is 4.20. The maximum absolute atomic E-state index is 12.0. The standard InChI is InChI=1S/C21H24N4O/c1-14-12-18(14)21(26)24-10-5-11-25-19(17-7-4-8-22-15(17)2)13-16-6-3-9-23-20(16)25/h3-4,6-9,13-14,18H,5,10-12H2,1-2H3,(H,24,26)/t14-,18+/m0/s1. The Morgan fingerprint density at radius 2 is 2.04 bits per heavy atom. The molecule has 1 saturated carbocycles. The Morgan fingerprint density at radius 1 is 1.27 bits per heavy atom. The van der Waals surface area contributed by atoms with Crippen LogP contribution in [0.4, 0.5) is 0 Å². The van der Waals surface area contributed by atoms with Gasteiger partial charge in [0.1, 0.15) is 5.65 Å². The van der Waals surface area contributed by atoms with E-state index in [0.717, 1.165) is 47.4 Å². The van der Waals surface area contributed by atoms with Gasteiger partial charge in [-0.2, -0.15) is 0 Å². The maximum atomic E-state index is 12.0. The highest BCUT2D eigenvalue weighted by Gasteiger charge is 2.38. The summed E-state index contributed by atoms with van der Waals surface area (Å²) < 4.78 is 2.24. The molecule has 4 rings (SSSR count). The zero-order valence-corrected chi connectivity index (χ0v) is 15.3. The van der Waals surface area contributed by atoms with Crippen LogP contribution >= 0.6 is 0 Å². The molecule has 0 bridgehead atoms. The third-order valence-corrected chi connectivity index (χ3v) is 5.24. The molecule has 3 aromatic heterocycles. The van der Waals surface area contributed by atoms with E-state index < -0.39 is 0 Å². The predicted octanol–water partition coefficient (Wildman–Crippen LogP) is 3.57. The predicted molar refractivity (Wildman–Crippen MR) is 103 cm³/mol. The number of fused-ring (bicyclic) bond motifs is 1. The van der Waals surface area contributed by atoms with E-state index in [1.165, 1.54) is 0 Å². The molecule has 0 radical (unpaired) electrons. The third kappa shape index (κ3) is 3.21. The van der Waals surface area contributed by atoms with Gasteiger partial charge in [-0.15, -0.1) is 0 Å². The molecule has 1 N–H and O–H groups in total. The highest BCUT2D eigenvalue weighted by molar-refractivity contribution is 5.84. The smallest absolute Gasteiger partial charge is 0.223 e. The van der Waals surface area contributed by atoms with E-state index in [1.807, 2.05) is 31.5 Å². The summed E-state index contributed by atoms with van der Waals surface area (Å²) in [6, 6.07) is 10.3. The van der Waals surface area contributed by atoms with Gasteiger partial charge in [-0.1, -0.05) is 6.92 Å². The number of hydrogen-bond donors (Lipinski definition) is 1. The lowest BCUT2D eigenvalue weighted by Crippen LogP contribution is -2.27. The summed E-state index contributed by atoms with van der Waals surface area (Å²) in [5.41, 5.74) is 4.24. The molecule has 1 fully saturated rings. The van der Waals surface area contributed by atoms with Crippen LogP contribution in [0.15, 0.2) is 42.7 Å². The molecule has 3 heterocycles. The molecular weight excluding hydrogens is 324 g/mol. The summed E-state index contributed by atoms with van der Waals surface area (Å²) in [4.78, 5) is 21.0. The van der Waals surface area contributed by atoms with Gasteiger partial charge in [0, 0.05) is 48.0 Å². The highest BCUT2D eigenvalue weighted by atomic mass is 16.2. The van der Waals surface area contributed by atoms with Crippen LogP contribution in [0.3, 0.4) is 0 Å². The Morgan fingerprint density at radius 3 is 2.81 bits per heavy atom. The molecule has 1 aliphatic carbocycles. The van der Waals surface area contributed by atoms with Crippen LogP contribution in [0.5, 0.6) is 0 Å². The lowest BCUT2D eigenvalue weighted by molar-refractivity contribution is -0.122. The van der Waals surface area contributed by atoms with Gasteiger partial charge in [0.05, 0.1) is 5.69 Å². The maximum Gasteiger partial charge on any atom is 0.223 e. The summed E-state index contributed by atoms with van der Waals surface area (Å²) in [5.74, 6) is 0.988. The SMILES string of the molecule is Cc1ncccc1-c1cc2cccnc2n1CCCNC(=O)[C@@H]1C[C@@H]1C. The van der Waals surface area contributed by atoms with Crippen molar-refractivity contribution in [3.05, 3.63) is 48.4 Å².